The van der Waals surface area contributed by atoms with E-state index in [0.29, 0.717) is 5.56 Å². The van der Waals surface area contributed by atoms with Gasteiger partial charge in [-0.3, -0.25) is 0 Å². The van der Waals surface area contributed by atoms with Crippen LogP contribution in [0.15, 0.2) is 29.2 Å². The van der Waals surface area contributed by atoms with E-state index >= 15 is 0 Å². The van der Waals surface area contributed by atoms with Gasteiger partial charge in [-0.2, -0.15) is 5.26 Å². The van der Waals surface area contributed by atoms with E-state index in [4.69, 9.17) is 11.0 Å². The van der Waals surface area contributed by atoms with Crippen LogP contribution in [0.2, 0.25) is 0 Å². The summed E-state index contributed by atoms with van der Waals surface area (Å²) < 4.78 is 28.0. The van der Waals surface area contributed by atoms with Gasteiger partial charge in [-0.05, 0) is 37.0 Å². The molecule has 5 nitrogen and oxygen atoms in total. The summed E-state index contributed by atoms with van der Waals surface area (Å²) in [6.45, 7) is 2.32. The molecule has 1 fully saturated rings. The van der Waals surface area contributed by atoms with Crippen LogP contribution in [-0.2, 0) is 10.0 Å². The molecule has 1 aromatic rings. The predicted molar refractivity (Wildman–Crippen MR) is 88.1 cm³/mol. The summed E-state index contributed by atoms with van der Waals surface area (Å²) in [7, 11) is -3.68. The highest BCUT2D eigenvalue weighted by Gasteiger charge is 2.40. The third-order valence-corrected chi connectivity index (χ3v) is 5.98. The first-order chi connectivity index (χ1) is 9.93. The minimum atomic E-state index is -3.68. The Morgan fingerprint density at radius 3 is 2.77 bits per heavy atom. The smallest absolute Gasteiger partial charge is 0.241 e. The lowest BCUT2D eigenvalue weighted by Gasteiger charge is -2.42. The second kappa shape index (κ2) is 7.42. The van der Waals surface area contributed by atoms with Gasteiger partial charge in [-0.25, -0.2) is 13.1 Å². The molecule has 1 aliphatic carbocycles. The lowest BCUT2D eigenvalue weighted by molar-refractivity contribution is 0.191. The van der Waals surface area contributed by atoms with Crippen molar-refractivity contribution in [3.8, 4) is 6.07 Å². The molecule has 0 spiro atoms. The Hall–Kier alpha value is -1.13. The molecule has 122 valence electrons. The van der Waals surface area contributed by atoms with Crippen molar-refractivity contribution in [3.05, 3.63) is 29.8 Å². The van der Waals surface area contributed by atoms with Crippen LogP contribution in [0.25, 0.3) is 0 Å². The molecule has 22 heavy (non-hydrogen) atoms. The summed E-state index contributed by atoms with van der Waals surface area (Å²) in [6.07, 6.45) is 3.80. The van der Waals surface area contributed by atoms with Crippen LogP contribution in [0.4, 0.5) is 0 Å². The van der Waals surface area contributed by atoms with Crippen molar-refractivity contribution in [1.29, 1.82) is 5.26 Å². The number of nitrogens with zero attached hydrogens (tertiary/aromatic N) is 1. The van der Waals surface area contributed by atoms with Crippen LogP contribution < -0.4 is 10.5 Å². The Morgan fingerprint density at radius 2 is 2.18 bits per heavy atom. The van der Waals surface area contributed by atoms with Gasteiger partial charge < -0.3 is 5.73 Å². The van der Waals surface area contributed by atoms with Crippen molar-refractivity contribution >= 4 is 22.4 Å². The van der Waals surface area contributed by atoms with Gasteiger partial charge in [0.1, 0.15) is 0 Å². The van der Waals surface area contributed by atoms with E-state index in [-0.39, 0.29) is 29.8 Å². The molecule has 2 rings (SSSR count). The highest BCUT2D eigenvalue weighted by molar-refractivity contribution is 7.89. The number of sulfonamides is 1. The highest BCUT2D eigenvalue weighted by atomic mass is 35.5. The molecule has 1 aromatic carbocycles. The van der Waals surface area contributed by atoms with Crippen molar-refractivity contribution in [2.45, 2.75) is 43.0 Å². The zero-order chi connectivity index (χ0) is 15.5. The van der Waals surface area contributed by atoms with Crippen molar-refractivity contribution in [1.82, 2.24) is 4.72 Å². The molecule has 0 aromatic heterocycles. The fourth-order valence-corrected chi connectivity index (χ4v) is 4.55. The van der Waals surface area contributed by atoms with Crippen LogP contribution in [0, 0.1) is 17.2 Å². The number of hydrogen-bond donors (Lipinski definition) is 2. The van der Waals surface area contributed by atoms with E-state index in [1.807, 2.05) is 13.0 Å². The summed E-state index contributed by atoms with van der Waals surface area (Å²) in [6, 6.07) is 8.01. The first kappa shape index (κ1) is 18.9. The van der Waals surface area contributed by atoms with Gasteiger partial charge in [0.2, 0.25) is 10.0 Å². The quantitative estimate of drug-likeness (QED) is 0.875. The third-order valence-electron chi connectivity index (χ3n) is 4.43. The van der Waals surface area contributed by atoms with Crippen molar-refractivity contribution in [2.24, 2.45) is 11.7 Å². The van der Waals surface area contributed by atoms with Gasteiger partial charge in [0, 0.05) is 12.1 Å². The molecule has 0 radical (unpaired) electrons. The van der Waals surface area contributed by atoms with Crippen LogP contribution in [-0.4, -0.2) is 20.5 Å². The fraction of sp³-hybridized carbons (Fsp3) is 0.533. The predicted octanol–water partition coefficient (Wildman–Crippen LogP) is 2.17. The fourth-order valence-electron chi connectivity index (χ4n) is 2.97. The van der Waals surface area contributed by atoms with Crippen molar-refractivity contribution in [3.63, 3.8) is 0 Å². The van der Waals surface area contributed by atoms with Gasteiger partial charge in [-0.1, -0.05) is 25.8 Å². The van der Waals surface area contributed by atoms with E-state index in [0.717, 1.165) is 25.7 Å². The number of benzene rings is 1. The standard InChI is InChI=1S/C15H21N3O2S.ClH/c1-12-5-2-3-8-15(12,11-17)18-21(19,20)14-7-4-6-13(9-14)10-16;/h4,6-7,9,12,18H,2-3,5,8,11,17H2,1H3;1H. The molecule has 0 bridgehead atoms. The van der Waals surface area contributed by atoms with Gasteiger partial charge in [0.05, 0.1) is 16.5 Å². The number of nitrogens with one attached hydrogen (secondary N) is 1. The summed E-state index contributed by atoms with van der Waals surface area (Å²) in [4.78, 5) is 0.118. The van der Waals surface area contributed by atoms with Crippen LogP contribution in [0.5, 0.6) is 0 Å². The molecule has 0 amide bonds. The zero-order valence-electron chi connectivity index (χ0n) is 12.6. The van der Waals surface area contributed by atoms with Gasteiger partial charge >= 0.3 is 0 Å². The average Bonchev–Trinajstić information content (AvgIpc) is 2.49. The van der Waals surface area contributed by atoms with E-state index in [9.17, 15) is 8.42 Å². The van der Waals surface area contributed by atoms with Gasteiger partial charge in [0.25, 0.3) is 0 Å². The third kappa shape index (κ3) is 3.79. The minimum absolute atomic E-state index is 0. The van der Waals surface area contributed by atoms with Crippen LogP contribution in [0.1, 0.15) is 38.2 Å². The van der Waals surface area contributed by atoms with Gasteiger partial charge in [0.15, 0.2) is 0 Å². The molecule has 1 aliphatic rings. The van der Waals surface area contributed by atoms with Crippen molar-refractivity contribution in [2.75, 3.05) is 6.54 Å². The Labute approximate surface area is 138 Å². The Morgan fingerprint density at radius 1 is 1.45 bits per heavy atom. The zero-order valence-corrected chi connectivity index (χ0v) is 14.2. The van der Waals surface area contributed by atoms with E-state index < -0.39 is 15.6 Å². The number of nitriles is 1. The first-order valence-electron chi connectivity index (χ1n) is 7.18. The van der Waals surface area contributed by atoms with Crippen LogP contribution in [0.3, 0.4) is 0 Å². The van der Waals surface area contributed by atoms with Gasteiger partial charge in [-0.15, -0.1) is 12.4 Å². The maximum Gasteiger partial charge on any atom is 0.241 e. The summed E-state index contributed by atoms with van der Waals surface area (Å²) in [5.41, 5.74) is 5.64. The topological polar surface area (TPSA) is 96.0 Å². The Balaban J connectivity index is 0.00000242. The summed E-state index contributed by atoms with van der Waals surface area (Å²) in [5, 5.41) is 8.90. The summed E-state index contributed by atoms with van der Waals surface area (Å²) in [5.74, 6) is 0.199. The molecule has 2 unspecified atom stereocenters. The molecule has 0 saturated heterocycles. The van der Waals surface area contributed by atoms with Crippen molar-refractivity contribution < 1.29 is 8.42 Å². The maximum atomic E-state index is 12.6. The second-order valence-corrected chi connectivity index (χ2v) is 7.43. The Kier molecular flexibility index (Phi) is 6.38. The van der Waals surface area contributed by atoms with E-state index in [1.165, 1.54) is 12.1 Å². The molecular formula is C15H22ClN3O2S. The molecular weight excluding hydrogens is 322 g/mol. The lowest BCUT2D eigenvalue weighted by Crippen LogP contribution is -2.58. The number of nitrogens with two attached hydrogens (primary N) is 1. The monoisotopic (exact) mass is 343 g/mol. The lowest BCUT2D eigenvalue weighted by atomic mass is 9.74. The normalized spacial score (nSPS) is 25.0. The number of rotatable bonds is 4. The molecule has 1 saturated carbocycles. The molecule has 2 atom stereocenters. The maximum absolute atomic E-state index is 12.6. The average molecular weight is 344 g/mol. The molecule has 7 heteroatoms. The van der Waals surface area contributed by atoms with E-state index in [2.05, 4.69) is 4.72 Å². The minimum Gasteiger partial charge on any atom is -0.329 e. The van der Waals surface area contributed by atoms with E-state index in [1.54, 1.807) is 12.1 Å². The number of halogens is 1. The highest BCUT2D eigenvalue weighted by Crippen LogP contribution is 2.34. The molecule has 0 heterocycles. The molecule has 3 N–H and O–H groups in total. The first-order valence-corrected chi connectivity index (χ1v) is 8.66. The second-order valence-electron chi connectivity index (χ2n) is 5.75. The SMILES string of the molecule is CC1CCCCC1(CN)NS(=O)(=O)c1cccc(C#N)c1.Cl. The Bertz CT molecular complexity index is 657. The molecule has 0 aliphatic heterocycles. The number of hydrogen-bond acceptors (Lipinski definition) is 4. The summed E-state index contributed by atoms with van der Waals surface area (Å²) >= 11 is 0. The largest absolute Gasteiger partial charge is 0.329 e. The van der Waals surface area contributed by atoms with Crippen LogP contribution >= 0.6 is 12.4 Å².